The van der Waals surface area contributed by atoms with E-state index in [1.807, 2.05) is 35.2 Å². The molecule has 23 heavy (non-hydrogen) atoms. The Morgan fingerprint density at radius 2 is 1.91 bits per heavy atom. The van der Waals surface area contributed by atoms with Gasteiger partial charge in [0.2, 0.25) is 0 Å². The van der Waals surface area contributed by atoms with E-state index in [1.165, 1.54) is 0 Å². The third kappa shape index (κ3) is 2.47. The quantitative estimate of drug-likeness (QED) is 0.783. The molecule has 7 heteroatoms. The molecule has 6 nitrogen and oxygen atoms in total. The summed E-state index contributed by atoms with van der Waals surface area (Å²) in [5, 5.41) is 0. The van der Waals surface area contributed by atoms with Crippen molar-refractivity contribution in [1.29, 1.82) is 0 Å². The molecular weight excluding hydrogens is 318 g/mol. The first-order chi connectivity index (χ1) is 10.9. The van der Waals surface area contributed by atoms with Gasteiger partial charge in [0.25, 0.3) is 16.0 Å². The fourth-order valence-electron chi connectivity index (χ4n) is 3.98. The lowest BCUT2D eigenvalue weighted by molar-refractivity contribution is -0.161. The molecule has 1 amide bonds. The fraction of sp³-hybridized carbons (Fsp3) is 0.562. The molecule has 0 radical (unpaired) electrons. The molecule has 1 aromatic rings. The van der Waals surface area contributed by atoms with Crippen LogP contribution < -0.4 is 0 Å². The lowest BCUT2D eigenvalue weighted by Crippen LogP contribution is -2.55. The molecule has 2 atom stereocenters. The second-order valence-corrected chi connectivity index (χ2v) is 8.21. The van der Waals surface area contributed by atoms with E-state index in [4.69, 9.17) is 8.92 Å². The van der Waals surface area contributed by atoms with E-state index in [1.54, 1.807) is 0 Å². The zero-order chi connectivity index (χ0) is 16.2. The molecule has 1 aliphatic carbocycles. The second kappa shape index (κ2) is 5.03. The standard InChI is InChI=1S/C16H19NO5S/c1-23(19,20)22-12-9-16(10-12)15(18)17-13(7-8-14(17)21-16)11-5-3-2-4-6-11/h2-6,12-14H,7-10H2,1H3/t12?,13-,14+,16?/m0/s1. The summed E-state index contributed by atoms with van der Waals surface area (Å²) in [6.07, 6.45) is 2.69. The van der Waals surface area contributed by atoms with Crippen molar-refractivity contribution >= 4 is 16.0 Å². The van der Waals surface area contributed by atoms with Crippen LogP contribution in [-0.2, 0) is 23.8 Å². The van der Waals surface area contributed by atoms with Crippen LogP contribution in [0.2, 0.25) is 0 Å². The van der Waals surface area contributed by atoms with Crippen LogP contribution in [0.25, 0.3) is 0 Å². The third-order valence-corrected chi connectivity index (χ3v) is 5.55. The topological polar surface area (TPSA) is 72.9 Å². The normalized spacial score (nSPS) is 36.3. The van der Waals surface area contributed by atoms with Crippen LogP contribution in [0.4, 0.5) is 0 Å². The Morgan fingerprint density at radius 3 is 2.57 bits per heavy atom. The van der Waals surface area contributed by atoms with Crippen LogP contribution >= 0.6 is 0 Å². The molecule has 124 valence electrons. The lowest BCUT2D eigenvalue weighted by atomic mass is 9.76. The van der Waals surface area contributed by atoms with Gasteiger partial charge in [0, 0.05) is 12.8 Å². The maximum atomic E-state index is 12.9. The van der Waals surface area contributed by atoms with E-state index < -0.39 is 21.8 Å². The summed E-state index contributed by atoms with van der Waals surface area (Å²) in [5.74, 6) is -0.0257. The monoisotopic (exact) mass is 337 g/mol. The van der Waals surface area contributed by atoms with Crippen LogP contribution in [0.15, 0.2) is 30.3 Å². The van der Waals surface area contributed by atoms with Gasteiger partial charge in [-0.15, -0.1) is 0 Å². The Hall–Kier alpha value is -1.44. The highest BCUT2D eigenvalue weighted by Crippen LogP contribution is 2.52. The SMILES string of the molecule is CS(=O)(=O)OC1CC2(C1)O[C@@H]1CC[C@@H](c3ccccc3)N1C2=O. The van der Waals surface area contributed by atoms with Crippen LogP contribution in [0.5, 0.6) is 0 Å². The maximum absolute atomic E-state index is 12.9. The predicted octanol–water partition coefficient (Wildman–Crippen LogP) is 1.58. The number of carbonyl (C=O) groups excluding carboxylic acids is 1. The minimum Gasteiger partial charge on any atom is -0.342 e. The number of nitrogens with zero attached hydrogens (tertiary/aromatic N) is 1. The summed E-state index contributed by atoms with van der Waals surface area (Å²) in [7, 11) is -3.50. The third-order valence-electron chi connectivity index (χ3n) is 4.93. The summed E-state index contributed by atoms with van der Waals surface area (Å²) < 4.78 is 33.4. The zero-order valence-electron chi connectivity index (χ0n) is 12.8. The van der Waals surface area contributed by atoms with Crippen LogP contribution in [0, 0.1) is 0 Å². The van der Waals surface area contributed by atoms with Gasteiger partial charge in [-0.25, -0.2) is 0 Å². The number of fused-ring (bicyclic) bond motifs is 1. The van der Waals surface area contributed by atoms with Gasteiger partial charge in [0.1, 0.15) is 6.23 Å². The molecule has 1 aromatic carbocycles. The molecule has 0 aromatic heterocycles. The fourth-order valence-corrected chi connectivity index (χ4v) is 4.61. The number of amides is 1. The van der Waals surface area contributed by atoms with Crippen molar-refractivity contribution in [2.24, 2.45) is 0 Å². The van der Waals surface area contributed by atoms with Crippen molar-refractivity contribution in [2.75, 3.05) is 6.26 Å². The first kappa shape index (κ1) is 15.1. The highest BCUT2D eigenvalue weighted by molar-refractivity contribution is 7.86. The highest BCUT2D eigenvalue weighted by Gasteiger charge is 2.63. The van der Waals surface area contributed by atoms with Crippen LogP contribution in [0.3, 0.4) is 0 Å². The molecule has 1 saturated carbocycles. The number of hydrogen-bond donors (Lipinski definition) is 0. The minimum atomic E-state index is -3.50. The first-order valence-corrected chi connectivity index (χ1v) is 9.63. The average molecular weight is 337 g/mol. The van der Waals surface area contributed by atoms with Crippen molar-refractivity contribution in [3.63, 3.8) is 0 Å². The largest absolute Gasteiger partial charge is 0.342 e. The predicted molar refractivity (Wildman–Crippen MR) is 81.8 cm³/mol. The highest BCUT2D eigenvalue weighted by atomic mass is 32.2. The van der Waals surface area contributed by atoms with Gasteiger partial charge >= 0.3 is 0 Å². The van der Waals surface area contributed by atoms with Gasteiger partial charge in [-0.3, -0.25) is 8.98 Å². The van der Waals surface area contributed by atoms with E-state index in [-0.39, 0.29) is 18.2 Å². The molecule has 0 unspecified atom stereocenters. The molecule has 4 rings (SSSR count). The van der Waals surface area contributed by atoms with Gasteiger partial charge in [-0.05, 0) is 18.4 Å². The number of carbonyl (C=O) groups is 1. The van der Waals surface area contributed by atoms with Crippen molar-refractivity contribution < 1.29 is 22.1 Å². The Bertz CT molecular complexity index is 726. The average Bonchev–Trinajstić information content (AvgIpc) is 2.97. The van der Waals surface area contributed by atoms with Gasteiger partial charge in [-0.2, -0.15) is 8.42 Å². The zero-order valence-corrected chi connectivity index (χ0v) is 13.7. The van der Waals surface area contributed by atoms with Crippen molar-refractivity contribution in [2.45, 2.75) is 49.7 Å². The Labute approximate surface area is 135 Å². The molecule has 2 aliphatic heterocycles. The smallest absolute Gasteiger partial charge is 0.264 e. The van der Waals surface area contributed by atoms with E-state index >= 15 is 0 Å². The van der Waals surface area contributed by atoms with E-state index in [0.29, 0.717) is 12.8 Å². The number of rotatable bonds is 3. The molecule has 1 spiro atoms. The van der Waals surface area contributed by atoms with Gasteiger partial charge in [0.15, 0.2) is 5.60 Å². The Morgan fingerprint density at radius 1 is 1.22 bits per heavy atom. The molecule has 2 saturated heterocycles. The van der Waals surface area contributed by atoms with Gasteiger partial charge < -0.3 is 9.64 Å². The molecule has 2 heterocycles. The summed E-state index contributed by atoms with van der Waals surface area (Å²) in [6.45, 7) is 0. The van der Waals surface area contributed by atoms with Gasteiger partial charge in [-0.1, -0.05) is 30.3 Å². The molecule has 0 N–H and O–H groups in total. The molecule has 3 aliphatic rings. The Balaban J connectivity index is 1.51. The first-order valence-electron chi connectivity index (χ1n) is 7.82. The number of hydrogen-bond acceptors (Lipinski definition) is 5. The van der Waals surface area contributed by atoms with Crippen LogP contribution in [-0.4, -0.2) is 43.4 Å². The summed E-state index contributed by atoms with van der Waals surface area (Å²) in [6, 6.07) is 10.0. The van der Waals surface area contributed by atoms with E-state index in [2.05, 4.69) is 0 Å². The van der Waals surface area contributed by atoms with Crippen molar-refractivity contribution in [3.05, 3.63) is 35.9 Å². The molecule has 0 bridgehead atoms. The second-order valence-electron chi connectivity index (χ2n) is 6.61. The molecule has 3 fully saturated rings. The summed E-state index contributed by atoms with van der Waals surface area (Å²) in [4.78, 5) is 14.7. The summed E-state index contributed by atoms with van der Waals surface area (Å²) in [5.41, 5.74) is 0.236. The summed E-state index contributed by atoms with van der Waals surface area (Å²) >= 11 is 0. The maximum Gasteiger partial charge on any atom is 0.264 e. The lowest BCUT2D eigenvalue weighted by Gasteiger charge is -2.41. The molecular formula is C16H19NO5S. The van der Waals surface area contributed by atoms with Crippen molar-refractivity contribution in [3.8, 4) is 0 Å². The Kier molecular flexibility index (Phi) is 3.30. The number of ether oxygens (including phenoxy) is 1. The van der Waals surface area contributed by atoms with E-state index in [0.717, 1.165) is 24.7 Å². The van der Waals surface area contributed by atoms with E-state index in [9.17, 15) is 13.2 Å². The minimum absolute atomic E-state index is 0.0257. The van der Waals surface area contributed by atoms with Crippen LogP contribution in [0.1, 0.15) is 37.3 Å². The number of benzene rings is 1. The van der Waals surface area contributed by atoms with Gasteiger partial charge in [0.05, 0.1) is 18.4 Å². The van der Waals surface area contributed by atoms with Crippen molar-refractivity contribution in [1.82, 2.24) is 4.90 Å².